The van der Waals surface area contributed by atoms with E-state index in [0.29, 0.717) is 0 Å². The lowest BCUT2D eigenvalue weighted by Gasteiger charge is -2.04. The number of halogens is 1. The van der Waals surface area contributed by atoms with Crippen LogP contribution in [0, 0.1) is 11.3 Å². The zero-order chi connectivity index (χ0) is 13.3. The number of hydrogen-bond donors (Lipinski definition) is 1. The average Bonchev–Trinajstić information content (AvgIpc) is 2.37. The van der Waals surface area contributed by atoms with Gasteiger partial charge in [0.25, 0.3) is 0 Å². The lowest BCUT2D eigenvalue weighted by molar-refractivity contribution is 0.0594. The molecule has 0 atom stereocenters. The van der Waals surface area contributed by atoms with Crippen molar-refractivity contribution >= 4 is 28.5 Å². The number of nitrogens with zero attached hydrogens (tertiary/aromatic N) is 1. The largest absolute Gasteiger partial charge is 0.464 e. The molecule has 1 aromatic carbocycles. The van der Waals surface area contributed by atoms with Gasteiger partial charge in [-0.3, -0.25) is 4.79 Å². The van der Waals surface area contributed by atoms with Crippen LogP contribution < -0.4 is 5.43 Å². The maximum Gasteiger partial charge on any atom is 0.354 e. The third kappa shape index (κ3) is 1.94. The molecule has 0 unspecified atom stereocenters. The Morgan fingerprint density at radius 2 is 2.17 bits per heavy atom. The van der Waals surface area contributed by atoms with Gasteiger partial charge in [-0.05, 0) is 12.1 Å². The Morgan fingerprint density at radius 1 is 1.44 bits per heavy atom. The highest BCUT2D eigenvalue weighted by molar-refractivity contribution is 6.31. The summed E-state index contributed by atoms with van der Waals surface area (Å²) in [6.45, 7) is 0. The van der Waals surface area contributed by atoms with Gasteiger partial charge < -0.3 is 9.72 Å². The lowest BCUT2D eigenvalue weighted by Crippen LogP contribution is -2.12. The number of esters is 1. The van der Waals surface area contributed by atoms with E-state index in [1.807, 2.05) is 6.07 Å². The second-order valence-electron chi connectivity index (χ2n) is 3.53. The SMILES string of the molecule is COC(=O)c1cc(=O)c2cc(Cl)cc(C#N)c2[nH]1. The number of pyridine rings is 1. The summed E-state index contributed by atoms with van der Waals surface area (Å²) in [5.74, 6) is -0.673. The van der Waals surface area contributed by atoms with Gasteiger partial charge in [-0.2, -0.15) is 5.26 Å². The molecule has 0 amide bonds. The molecule has 0 bridgehead atoms. The van der Waals surface area contributed by atoms with Crippen LogP contribution >= 0.6 is 11.6 Å². The van der Waals surface area contributed by atoms with E-state index in [1.54, 1.807) is 0 Å². The molecular weight excluding hydrogens is 256 g/mol. The van der Waals surface area contributed by atoms with Crippen molar-refractivity contribution in [3.8, 4) is 6.07 Å². The Kier molecular flexibility index (Phi) is 3.04. The number of H-pyrrole nitrogens is 1. The van der Waals surface area contributed by atoms with E-state index in [9.17, 15) is 9.59 Å². The molecule has 1 heterocycles. The fourth-order valence-corrected chi connectivity index (χ4v) is 1.84. The molecule has 0 spiro atoms. The van der Waals surface area contributed by atoms with Crippen LogP contribution in [0.25, 0.3) is 10.9 Å². The smallest absolute Gasteiger partial charge is 0.354 e. The third-order valence-corrected chi connectivity index (χ3v) is 2.65. The number of methoxy groups -OCH3 is 1. The number of hydrogen-bond acceptors (Lipinski definition) is 4. The predicted octanol–water partition coefficient (Wildman–Crippen LogP) is 1.84. The number of ether oxygens (including phenoxy) is 1. The van der Waals surface area contributed by atoms with Gasteiger partial charge in [0.15, 0.2) is 5.43 Å². The van der Waals surface area contributed by atoms with Crippen LogP contribution in [0.15, 0.2) is 23.0 Å². The lowest BCUT2D eigenvalue weighted by atomic mass is 10.1. The number of fused-ring (bicyclic) bond motifs is 1. The standard InChI is InChI=1S/C12H7ClN2O3/c1-18-12(17)9-4-10(16)8-3-7(13)2-6(5-14)11(8)15-9/h2-4H,1H3,(H,15,16). The Balaban J connectivity index is 2.88. The van der Waals surface area contributed by atoms with Gasteiger partial charge in [0, 0.05) is 16.5 Å². The first-order valence-corrected chi connectivity index (χ1v) is 5.29. The van der Waals surface area contributed by atoms with E-state index >= 15 is 0 Å². The monoisotopic (exact) mass is 262 g/mol. The summed E-state index contributed by atoms with van der Waals surface area (Å²) in [6, 6.07) is 5.89. The molecule has 0 saturated carbocycles. The van der Waals surface area contributed by atoms with Crippen molar-refractivity contribution in [1.82, 2.24) is 4.98 Å². The summed E-state index contributed by atoms with van der Waals surface area (Å²) in [7, 11) is 1.21. The van der Waals surface area contributed by atoms with Crippen LogP contribution in [0.5, 0.6) is 0 Å². The summed E-state index contributed by atoms with van der Waals surface area (Å²) in [5, 5.41) is 9.53. The third-order valence-electron chi connectivity index (χ3n) is 2.43. The Bertz CT molecular complexity index is 743. The number of nitriles is 1. The number of carbonyl (C=O) groups excluding carboxylic acids is 1. The van der Waals surface area contributed by atoms with Gasteiger partial charge in [0.1, 0.15) is 11.8 Å². The van der Waals surface area contributed by atoms with Gasteiger partial charge >= 0.3 is 5.97 Å². The van der Waals surface area contributed by atoms with E-state index < -0.39 is 11.4 Å². The summed E-state index contributed by atoms with van der Waals surface area (Å²) >= 11 is 5.81. The zero-order valence-corrected chi connectivity index (χ0v) is 10.0. The highest BCUT2D eigenvalue weighted by atomic mass is 35.5. The Labute approximate surface area is 107 Å². The molecule has 6 heteroatoms. The van der Waals surface area contributed by atoms with Crippen molar-refractivity contribution in [1.29, 1.82) is 5.26 Å². The normalized spacial score (nSPS) is 10.1. The molecule has 0 saturated heterocycles. The first-order valence-electron chi connectivity index (χ1n) is 4.92. The predicted molar refractivity (Wildman–Crippen MR) is 65.6 cm³/mol. The number of benzene rings is 1. The van der Waals surface area contributed by atoms with Crippen molar-refractivity contribution < 1.29 is 9.53 Å². The highest BCUT2D eigenvalue weighted by Gasteiger charge is 2.12. The van der Waals surface area contributed by atoms with Gasteiger partial charge in [-0.1, -0.05) is 11.6 Å². The number of nitrogens with one attached hydrogen (secondary N) is 1. The average molecular weight is 263 g/mol. The summed E-state index contributed by atoms with van der Waals surface area (Å²) in [5.41, 5.74) is 0.0622. The van der Waals surface area contributed by atoms with E-state index in [1.165, 1.54) is 19.2 Å². The molecule has 1 N–H and O–H groups in total. The first kappa shape index (κ1) is 12.1. The molecule has 18 heavy (non-hydrogen) atoms. The van der Waals surface area contributed by atoms with Crippen molar-refractivity contribution in [2.75, 3.05) is 7.11 Å². The first-order chi connectivity index (χ1) is 8.56. The number of rotatable bonds is 1. The Morgan fingerprint density at radius 3 is 2.78 bits per heavy atom. The van der Waals surface area contributed by atoms with Gasteiger partial charge in [-0.15, -0.1) is 0 Å². The number of carbonyl (C=O) groups is 1. The van der Waals surface area contributed by atoms with Crippen LogP contribution in [-0.2, 0) is 4.74 Å². The highest BCUT2D eigenvalue weighted by Crippen LogP contribution is 2.20. The van der Waals surface area contributed by atoms with Gasteiger partial charge in [-0.25, -0.2) is 4.79 Å². The molecule has 0 radical (unpaired) electrons. The molecule has 5 nitrogen and oxygen atoms in total. The summed E-state index contributed by atoms with van der Waals surface area (Å²) < 4.78 is 4.52. The van der Waals surface area contributed by atoms with E-state index in [-0.39, 0.29) is 27.2 Å². The molecule has 0 fully saturated rings. The summed E-state index contributed by atoms with van der Waals surface area (Å²) in [6.07, 6.45) is 0. The van der Waals surface area contributed by atoms with Crippen molar-refractivity contribution in [3.05, 3.63) is 44.7 Å². The maximum atomic E-state index is 11.8. The summed E-state index contributed by atoms with van der Waals surface area (Å²) in [4.78, 5) is 25.9. The molecule has 1 aromatic heterocycles. The van der Waals surface area contributed by atoms with Gasteiger partial charge in [0.2, 0.25) is 0 Å². The fraction of sp³-hybridized carbons (Fsp3) is 0.0833. The van der Waals surface area contributed by atoms with Crippen molar-refractivity contribution in [2.45, 2.75) is 0 Å². The molecule has 0 aliphatic heterocycles. The Hall–Kier alpha value is -2.32. The minimum absolute atomic E-state index is 0.00572. The second-order valence-corrected chi connectivity index (χ2v) is 3.96. The molecule has 2 rings (SSSR count). The second kappa shape index (κ2) is 4.51. The molecular formula is C12H7ClN2O3. The number of aromatic nitrogens is 1. The van der Waals surface area contributed by atoms with Crippen molar-refractivity contribution in [2.24, 2.45) is 0 Å². The van der Waals surface area contributed by atoms with Crippen LogP contribution in [0.1, 0.15) is 16.1 Å². The van der Waals surface area contributed by atoms with Crippen LogP contribution in [0.2, 0.25) is 5.02 Å². The topological polar surface area (TPSA) is 82.9 Å². The minimum Gasteiger partial charge on any atom is -0.464 e. The van der Waals surface area contributed by atoms with Crippen LogP contribution in [0.3, 0.4) is 0 Å². The zero-order valence-electron chi connectivity index (χ0n) is 9.28. The maximum absolute atomic E-state index is 11.8. The molecule has 0 aliphatic rings. The molecule has 90 valence electrons. The van der Waals surface area contributed by atoms with Crippen LogP contribution in [-0.4, -0.2) is 18.1 Å². The van der Waals surface area contributed by atoms with Gasteiger partial charge in [0.05, 0.1) is 18.2 Å². The fourth-order valence-electron chi connectivity index (χ4n) is 1.62. The quantitative estimate of drug-likeness (QED) is 0.795. The van der Waals surface area contributed by atoms with Crippen LogP contribution in [0.4, 0.5) is 0 Å². The number of aromatic amines is 1. The van der Waals surface area contributed by atoms with E-state index in [4.69, 9.17) is 16.9 Å². The molecule has 0 aliphatic carbocycles. The molecule has 2 aromatic rings. The van der Waals surface area contributed by atoms with E-state index in [0.717, 1.165) is 6.07 Å². The van der Waals surface area contributed by atoms with E-state index in [2.05, 4.69) is 9.72 Å². The van der Waals surface area contributed by atoms with Crippen molar-refractivity contribution in [3.63, 3.8) is 0 Å². The minimum atomic E-state index is -0.673.